The van der Waals surface area contributed by atoms with Crippen LogP contribution in [0, 0.1) is 6.92 Å². The SMILES string of the molecule is Cc1ncnc2[nH]c3c(c12)C[C@H](C)N(C)C3. The van der Waals surface area contributed by atoms with Crippen LogP contribution >= 0.6 is 0 Å². The molecule has 0 radical (unpaired) electrons. The van der Waals surface area contributed by atoms with E-state index in [0.717, 1.165) is 24.3 Å². The van der Waals surface area contributed by atoms with Crippen molar-refractivity contribution in [3.63, 3.8) is 0 Å². The van der Waals surface area contributed by atoms with Crippen LogP contribution in [0.4, 0.5) is 0 Å². The fraction of sp³-hybridized carbons (Fsp3) is 0.500. The molecule has 1 aliphatic heterocycles. The number of nitrogens with zero attached hydrogens (tertiary/aromatic N) is 3. The number of hydrogen-bond donors (Lipinski definition) is 1. The number of aromatic amines is 1. The molecule has 84 valence electrons. The lowest BCUT2D eigenvalue weighted by Crippen LogP contribution is -2.34. The van der Waals surface area contributed by atoms with E-state index in [4.69, 9.17) is 0 Å². The highest BCUT2D eigenvalue weighted by Crippen LogP contribution is 2.29. The van der Waals surface area contributed by atoms with E-state index in [1.165, 1.54) is 16.6 Å². The van der Waals surface area contributed by atoms with Gasteiger partial charge in [-0.25, -0.2) is 9.97 Å². The average molecular weight is 216 g/mol. The van der Waals surface area contributed by atoms with Gasteiger partial charge in [0.15, 0.2) is 0 Å². The molecule has 2 aromatic heterocycles. The standard InChI is InChI=1S/C12H16N4/c1-7-4-9-10(5-16(7)3)15-12-11(9)8(2)13-6-14-12/h6-7H,4-5H2,1-3H3,(H,13,14,15)/t7-/m0/s1. The van der Waals surface area contributed by atoms with Crippen molar-refractivity contribution in [3.8, 4) is 0 Å². The molecule has 3 rings (SSSR count). The van der Waals surface area contributed by atoms with Crippen LogP contribution in [0.1, 0.15) is 23.9 Å². The molecule has 1 atom stereocenters. The summed E-state index contributed by atoms with van der Waals surface area (Å²) in [6, 6.07) is 0.589. The summed E-state index contributed by atoms with van der Waals surface area (Å²) in [6.45, 7) is 5.30. The van der Waals surface area contributed by atoms with Gasteiger partial charge in [-0.1, -0.05) is 0 Å². The van der Waals surface area contributed by atoms with Gasteiger partial charge < -0.3 is 4.98 Å². The second-order valence-electron chi connectivity index (χ2n) is 4.73. The Bertz CT molecular complexity index is 543. The maximum Gasteiger partial charge on any atom is 0.141 e. The predicted octanol–water partition coefficient (Wildman–Crippen LogP) is 1.64. The van der Waals surface area contributed by atoms with Gasteiger partial charge in [-0.2, -0.15) is 0 Å². The Kier molecular flexibility index (Phi) is 2.01. The van der Waals surface area contributed by atoms with Crippen LogP contribution in [0.15, 0.2) is 6.33 Å². The first-order chi connectivity index (χ1) is 7.66. The third-order valence-electron chi connectivity index (χ3n) is 3.63. The summed E-state index contributed by atoms with van der Waals surface area (Å²) in [4.78, 5) is 14.4. The Balaban J connectivity index is 2.26. The van der Waals surface area contributed by atoms with Gasteiger partial charge in [0.2, 0.25) is 0 Å². The summed E-state index contributed by atoms with van der Waals surface area (Å²) < 4.78 is 0. The minimum atomic E-state index is 0.589. The lowest BCUT2D eigenvalue weighted by Gasteiger charge is -2.29. The van der Waals surface area contributed by atoms with E-state index >= 15 is 0 Å². The second-order valence-corrected chi connectivity index (χ2v) is 4.73. The first-order valence-corrected chi connectivity index (χ1v) is 5.68. The number of aromatic nitrogens is 3. The van der Waals surface area contributed by atoms with Crippen molar-refractivity contribution in [1.29, 1.82) is 0 Å². The van der Waals surface area contributed by atoms with Crippen molar-refractivity contribution in [2.24, 2.45) is 0 Å². The van der Waals surface area contributed by atoms with E-state index in [2.05, 4.69) is 40.7 Å². The van der Waals surface area contributed by atoms with E-state index in [-0.39, 0.29) is 0 Å². The van der Waals surface area contributed by atoms with Gasteiger partial charge in [-0.05, 0) is 32.9 Å². The molecule has 0 fully saturated rings. The molecule has 0 saturated heterocycles. The minimum Gasteiger partial charge on any atom is -0.342 e. The quantitative estimate of drug-likeness (QED) is 0.728. The molecular formula is C12H16N4. The lowest BCUT2D eigenvalue weighted by atomic mass is 9.98. The third kappa shape index (κ3) is 1.26. The number of rotatable bonds is 0. The van der Waals surface area contributed by atoms with Gasteiger partial charge >= 0.3 is 0 Å². The number of fused-ring (bicyclic) bond motifs is 3. The molecule has 0 spiro atoms. The highest BCUT2D eigenvalue weighted by atomic mass is 15.1. The summed E-state index contributed by atoms with van der Waals surface area (Å²) in [5, 5.41) is 1.23. The number of nitrogens with one attached hydrogen (secondary N) is 1. The predicted molar refractivity (Wildman–Crippen MR) is 63.3 cm³/mol. The maximum absolute atomic E-state index is 4.31. The maximum atomic E-state index is 4.31. The molecule has 1 N–H and O–H groups in total. The number of likely N-dealkylation sites (N-methyl/N-ethyl adjacent to an activating group) is 1. The zero-order valence-corrected chi connectivity index (χ0v) is 9.91. The highest BCUT2D eigenvalue weighted by Gasteiger charge is 2.24. The number of hydrogen-bond acceptors (Lipinski definition) is 3. The van der Waals surface area contributed by atoms with Crippen molar-refractivity contribution < 1.29 is 0 Å². The third-order valence-corrected chi connectivity index (χ3v) is 3.63. The average Bonchev–Trinajstić information content (AvgIpc) is 2.58. The lowest BCUT2D eigenvalue weighted by molar-refractivity contribution is 0.229. The molecule has 0 aromatic carbocycles. The van der Waals surface area contributed by atoms with Gasteiger partial charge in [0, 0.05) is 23.7 Å². The largest absolute Gasteiger partial charge is 0.342 e. The Hall–Kier alpha value is -1.42. The second kappa shape index (κ2) is 3.28. The van der Waals surface area contributed by atoms with Crippen LogP contribution in [-0.2, 0) is 13.0 Å². The van der Waals surface area contributed by atoms with E-state index in [0.29, 0.717) is 6.04 Å². The summed E-state index contributed by atoms with van der Waals surface area (Å²) in [5.74, 6) is 0. The van der Waals surface area contributed by atoms with Gasteiger partial charge in [-0.3, -0.25) is 4.90 Å². The van der Waals surface area contributed by atoms with Crippen molar-refractivity contribution in [2.75, 3.05) is 7.05 Å². The number of H-pyrrole nitrogens is 1. The van der Waals surface area contributed by atoms with Crippen molar-refractivity contribution in [1.82, 2.24) is 19.9 Å². The molecular weight excluding hydrogens is 200 g/mol. The normalized spacial score (nSPS) is 21.3. The van der Waals surface area contributed by atoms with Gasteiger partial charge in [0.25, 0.3) is 0 Å². The first-order valence-electron chi connectivity index (χ1n) is 5.68. The fourth-order valence-corrected chi connectivity index (χ4v) is 2.52. The topological polar surface area (TPSA) is 44.8 Å². The molecule has 4 heteroatoms. The van der Waals surface area contributed by atoms with Crippen LogP contribution in [0.25, 0.3) is 11.0 Å². The van der Waals surface area contributed by atoms with Gasteiger partial charge in [0.1, 0.15) is 12.0 Å². The van der Waals surface area contributed by atoms with Crippen molar-refractivity contribution in [2.45, 2.75) is 32.9 Å². The Morgan fingerprint density at radius 3 is 3.06 bits per heavy atom. The van der Waals surface area contributed by atoms with Crippen LogP contribution < -0.4 is 0 Å². The molecule has 3 heterocycles. The molecule has 0 amide bonds. The monoisotopic (exact) mass is 216 g/mol. The number of aryl methyl sites for hydroxylation is 1. The van der Waals surface area contributed by atoms with Crippen LogP contribution in [0.5, 0.6) is 0 Å². The molecule has 0 bridgehead atoms. The van der Waals surface area contributed by atoms with Gasteiger partial charge in [-0.15, -0.1) is 0 Å². The Labute approximate surface area is 94.7 Å². The Morgan fingerprint density at radius 1 is 1.44 bits per heavy atom. The first kappa shape index (κ1) is 9.78. The van der Waals surface area contributed by atoms with E-state index in [9.17, 15) is 0 Å². The van der Waals surface area contributed by atoms with Crippen LogP contribution in [0.2, 0.25) is 0 Å². The zero-order chi connectivity index (χ0) is 11.3. The molecule has 0 saturated carbocycles. The van der Waals surface area contributed by atoms with Gasteiger partial charge in [0.05, 0.1) is 5.69 Å². The van der Waals surface area contributed by atoms with Crippen LogP contribution in [-0.4, -0.2) is 32.9 Å². The summed E-state index contributed by atoms with van der Waals surface area (Å²) in [6.07, 6.45) is 2.72. The molecule has 4 nitrogen and oxygen atoms in total. The van der Waals surface area contributed by atoms with E-state index in [1.54, 1.807) is 6.33 Å². The minimum absolute atomic E-state index is 0.589. The van der Waals surface area contributed by atoms with Crippen molar-refractivity contribution in [3.05, 3.63) is 23.3 Å². The molecule has 16 heavy (non-hydrogen) atoms. The summed E-state index contributed by atoms with van der Waals surface area (Å²) >= 11 is 0. The summed E-state index contributed by atoms with van der Waals surface area (Å²) in [7, 11) is 2.16. The molecule has 1 aliphatic rings. The van der Waals surface area contributed by atoms with Crippen molar-refractivity contribution >= 4 is 11.0 Å². The smallest absolute Gasteiger partial charge is 0.141 e. The molecule has 0 unspecified atom stereocenters. The van der Waals surface area contributed by atoms with Crippen LogP contribution in [0.3, 0.4) is 0 Å². The Morgan fingerprint density at radius 2 is 2.25 bits per heavy atom. The fourth-order valence-electron chi connectivity index (χ4n) is 2.52. The van der Waals surface area contributed by atoms with E-state index < -0.39 is 0 Å². The summed E-state index contributed by atoms with van der Waals surface area (Å²) in [5.41, 5.74) is 4.79. The molecule has 0 aliphatic carbocycles. The molecule has 2 aromatic rings. The zero-order valence-electron chi connectivity index (χ0n) is 9.91. The van der Waals surface area contributed by atoms with E-state index in [1.807, 2.05) is 0 Å². The highest BCUT2D eigenvalue weighted by molar-refractivity contribution is 5.83.